The number of hydrogen-bond acceptors (Lipinski definition) is 4. The van der Waals surface area contributed by atoms with E-state index in [0.29, 0.717) is 34.8 Å². The summed E-state index contributed by atoms with van der Waals surface area (Å²) in [6.07, 6.45) is 1.76. The first-order valence-electron chi connectivity index (χ1n) is 6.31. The Bertz CT molecular complexity index is 650. The summed E-state index contributed by atoms with van der Waals surface area (Å²) in [6.45, 7) is 0.400. The third-order valence-corrected chi connectivity index (χ3v) is 5.84. The second-order valence-electron chi connectivity index (χ2n) is 4.78. The van der Waals surface area contributed by atoms with Crippen molar-refractivity contribution >= 4 is 37.6 Å². The molecule has 1 atom stereocenters. The lowest BCUT2D eigenvalue weighted by Gasteiger charge is -2.36. The molecule has 1 heterocycles. The lowest BCUT2D eigenvalue weighted by atomic mass is 9.93. The monoisotopic (exact) mass is 397 g/mol. The molecule has 118 valence electrons. The minimum atomic E-state index is -3.32. The number of alkyl halides is 1. The maximum Gasteiger partial charge on any atom is 0.211 e. The normalized spacial score (nSPS) is 19.2. The standard InChI is InChI=1S/C13H17BrClNO4S/c1-19-11-6-9(15)8-4-5-16(21(3,17)18)10(7-14)12(8)13(11)20-2/h6,10H,4-5,7H2,1-3H3. The van der Waals surface area contributed by atoms with E-state index in [2.05, 4.69) is 15.9 Å². The number of hydrogen-bond donors (Lipinski definition) is 0. The van der Waals surface area contributed by atoms with E-state index in [-0.39, 0.29) is 6.04 Å². The van der Waals surface area contributed by atoms with Crippen LogP contribution < -0.4 is 9.47 Å². The van der Waals surface area contributed by atoms with Gasteiger partial charge in [-0.2, -0.15) is 4.31 Å². The number of methoxy groups -OCH3 is 2. The Morgan fingerprint density at radius 3 is 2.57 bits per heavy atom. The molecule has 2 rings (SSSR count). The molecule has 0 N–H and O–H groups in total. The van der Waals surface area contributed by atoms with Crippen LogP contribution in [0.2, 0.25) is 5.02 Å². The topological polar surface area (TPSA) is 55.8 Å². The number of halogens is 2. The maximum absolute atomic E-state index is 12.0. The van der Waals surface area contributed by atoms with E-state index in [1.165, 1.54) is 24.8 Å². The average Bonchev–Trinajstić information content (AvgIpc) is 2.44. The van der Waals surface area contributed by atoms with Gasteiger partial charge in [0.25, 0.3) is 0 Å². The Morgan fingerprint density at radius 2 is 2.10 bits per heavy atom. The predicted molar refractivity (Wildman–Crippen MR) is 86.3 cm³/mol. The fourth-order valence-corrected chi connectivity index (χ4v) is 4.93. The summed E-state index contributed by atoms with van der Waals surface area (Å²) in [5.74, 6) is 1.04. The Morgan fingerprint density at radius 1 is 1.43 bits per heavy atom. The molecule has 1 aromatic rings. The molecule has 0 fully saturated rings. The number of ether oxygens (including phenoxy) is 2. The summed E-state index contributed by atoms with van der Waals surface area (Å²) in [5.41, 5.74) is 1.69. The summed E-state index contributed by atoms with van der Waals surface area (Å²) in [7, 11) is -0.256. The van der Waals surface area contributed by atoms with Crippen LogP contribution >= 0.6 is 27.5 Å². The molecule has 1 aliphatic heterocycles. The zero-order chi connectivity index (χ0) is 15.8. The molecule has 5 nitrogen and oxygen atoms in total. The Hall–Kier alpha value is -0.500. The molecule has 1 aromatic carbocycles. The second kappa shape index (κ2) is 6.32. The van der Waals surface area contributed by atoms with Crippen molar-refractivity contribution in [1.82, 2.24) is 4.31 Å². The number of rotatable bonds is 4. The molecule has 0 amide bonds. The van der Waals surface area contributed by atoms with Crippen LogP contribution in [-0.2, 0) is 16.4 Å². The molecule has 21 heavy (non-hydrogen) atoms. The quantitative estimate of drug-likeness (QED) is 0.732. The smallest absolute Gasteiger partial charge is 0.211 e. The summed E-state index contributed by atoms with van der Waals surface area (Å²) < 4.78 is 36.2. The molecular formula is C13H17BrClNO4S. The number of sulfonamides is 1. The van der Waals surface area contributed by atoms with Gasteiger partial charge in [-0.25, -0.2) is 8.42 Å². The highest BCUT2D eigenvalue weighted by Crippen LogP contribution is 2.46. The van der Waals surface area contributed by atoms with E-state index in [9.17, 15) is 8.42 Å². The lowest BCUT2D eigenvalue weighted by molar-refractivity contribution is 0.306. The Balaban J connectivity index is 2.71. The fraction of sp³-hybridized carbons (Fsp3) is 0.538. The number of benzene rings is 1. The number of nitrogens with zero attached hydrogens (tertiary/aromatic N) is 1. The van der Waals surface area contributed by atoms with Crippen LogP contribution in [0.5, 0.6) is 11.5 Å². The van der Waals surface area contributed by atoms with Gasteiger partial charge in [0.2, 0.25) is 10.0 Å². The lowest BCUT2D eigenvalue weighted by Crippen LogP contribution is -2.40. The van der Waals surface area contributed by atoms with E-state index >= 15 is 0 Å². The van der Waals surface area contributed by atoms with Crippen LogP contribution in [0, 0.1) is 0 Å². The zero-order valence-electron chi connectivity index (χ0n) is 12.0. The van der Waals surface area contributed by atoms with Gasteiger partial charge in [-0.3, -0.25) is 0 Å². The zero-order valence-corrected chi connectivity index (χ0v) is 15.2. The summed E-state index contributed by atoms with van der Waals surface area (Å²) in [5, 5.41) is 1.02. The first-order valence-corrected chi connectivity index (χ1v) is 9.66. The maximum atomic E-state index is 12.0. The van der Waals surface area contributed by atoms with E-state index < -0.39 is 10.0 Å². The summed E-state index contributed by atoms with van der Waals surface area (Å²) >= 11 is 9.72. The first kappa shape index (κ1) is 16.9. The molecule has 0 radical (unpaired) electrons. The average molecular weight is 399 g/mol. The largest absolute Gasteiger partial charge is 0.493 e. The molecule has 0 aliphatic carbocycles. The highest BCUT2D eigenvalue weighted by atomic mass is 79.9. The minimum Gasteiger partial charge on any atom is -0.493 e. The van der Waals surface area contributed by atoms with E-state index in [4.69, 9.17) is 21.1 Å². The molecule has 0 bridgehead atoms. The van der Waals surface area contributed by atoms with Gasteiger partial charge >= 0.3 is 0 Å². The third kappa shape index (κ3) is 3.02. The van der Waals surface area contributed by atoms with Gasteiger partial charge in [0, 0.05) is 28.5 Å². The molecule has 1 unspecified atom stereocenters. The van der Waals surface area contributed by atoms with Crippen molar-refractivity contribution in [3.8, 4) is 11.5 Å². The van der Waals surface area contributed by atoms with E-state index in [1.54, 1.807) is 6.07 Å². The molecule has 0 aromatic heterocycles. The second-order valence-corrected chi connectivity index (χ2v) is 7.77. The third-order valence-electron chi connectivity index (χ3n) is 3.60. The van der Waals surface area contributed by atoms with Gasteiger partial charge in [0.05, 0.1) is 26.5 Å². The van der Waals surface area contributed by atoms with Crippen molar-refractivity contribution in [3.05, 3.63) is 22.2 Å². The predicted octanol–water partition coefficient (Wildman–Crippen LogP) is 2.61. The highest BCUT2D eigenvalue weighted by Gasteiger charge is 2.37. The molecular weight excluding hydrogens is 382 g/mol. The van der Waals surface area contributed by atoms with Crippen molar-refractivity contribution in [2.75, 3.05) is 32.4 Å². The van der Waals surface area contributed by atoms with Crippen LogP contribution in [0.15, 0.2) is 6.07 Å². The Kier molecular flexibility index (Phi) is 5.07. The molecule has 0 spiro atoms. The summed E-state index contributed by atoms with van der Waals surface area (Å²) in [4.78, 5) is 0. The Labute approximate surface area is 138 Å². The SMILES string of the molecule is COc1cc(Cl)c2c(c1OC)C(CBr)N(S(C)(=O)=O)CC2. The van der Waals surface area contributed by atoms with Gasteiger partial charge in [-0.1, -0.05) is 27.5 Å². The van der Waals surface area contributed by atoms with Gasteiger partial charge in [0.15, 0.2) is 11.5 Å². The molecule has 0 saturated carbocycles. The van der Waals surface area contributed by atoms with Gasteiger partial charge in [-0.15, -0.1) is 0 Å². The van der Waals surface area contributed by atoms with E-state index in [1.807, 2.05) is 0 Å². The fourth-order valence-electron chi connectivity index (χ4n) is 2.71. The van der Waals surface area contributed by atoms with E-state index in [0.717, 1.165) is 11.1 Å². The summed E-state index contributed by atoms with van der Waals surface area (Å²) in [6, 6.07) is 1.34. The van der Waals surface area contributed by atoms with Crippen molar-refractivity contribution in [2.45, 2.75) is 12.5 Å². The van der Waals surface area contributed by atoms with Crippen molar-refractivity contribution in [3.63, 3.8) is 0 Å². The van der Waals surface area contributed by atoms with Crippen molar-refractivity contribution in [2.24, 2.45) is 0 Å². The van der Waals surface area contributed by atoms with Crippen LogP contribution in [0.4, 0.5) is 0 Å². The van der Waals surface area contributed by atoms with Crippen LogP contribution in [0.3, 0.4) is 0 Å². The van der Waals surface area contributed by atoms with Gasteiger partial charge in [0.1, 0.15) is 0 Å². The molecule has 1 aliphatic rings. The van der Waals surface area contributed by atoms with Crippen molar-refractivity contribution in [1.29, 1.82) is 0 Å². The minimum absolute atomic E-state index is 0.369. The molecule has 0 saturated heterocycles. The van der Waals surface area contributed by atoms with Gasteiger partial charge in [-0.05, 0) is 12.0 Å². The van der Waals surface area contributed by atoms with Crippen LogP contribution in [-0.4, -0.2) is 45.1 Å². The highest BCUT2D eigenvalue weighted by molar-refractivity contribution is 9.09. The first-order chi connectivity index (χ1) is 9.85. The van der Waals surface area contributed by atoms with Crippen LogP contribution in [0.1, 0.15) is 17.2 Å². The van der Waals surface area contributed by atoms with Crippen molar-refractivity contribution < 1.29 is 17.9 Å². The molecule has 8 heteroatoms. The van der Waals surface area contributed by atoms with Crippen LogP contribution in [0.25, 0.3) is 0 Å². The number of fused-ring (bicyclic) bond motifs is 1. The van der Waals surface area contributed by atoms with Gasteiger partial charge < -0.3 is 9.47 Å².